The molecular formula is C21H23NO5. The smallest absolute Gasteiger partial charge is 0.327 e. The molecule has 0 heterocycles. The highest BCUT2D eigenvalue weighted by Gasteiger charge is 2.23. The standard InChI is InChI=1S/C16H17NO.C5H6O4/c1-17(2)16(18)15(13-9-5-3-6-10-13)14-11-7-4-8-12-14;6-4(7)2-1-3-5(8)9/h3-12,15H,1-2H3;1-2H,3H2,(H,6,7)(H,8,9)/b;2-1+. The molecule has 0 aliphatic rings. The molecule has 0 bridgehead atoms. The van der Waals surface area contributed by atoms with Crippen LogP contribution in [0.2, 0.25) is 0 Å². The van der Waals surface area contributed by atoms with Gasteiger partial charge in [0.05, 0.1) is 12.3 Å². The van der Waals surface area contributed by atoms with Gasteiger partial charge in [-0.15, -0.1) is 0 Å². The van der Waals surface area contributed by atoms with Crippen molar-refractivity contribution in [2.75, 3.05) is 14.1 Å². The van der Waals surface area contributed by atoms with Crippen molar-refractivity contribution in [3.05, 3.63) is 83.9 Å². The second-order valence-electron chi connectivity index (χ2n) is 5.83. The van der Waals surface area contributed by atoms with Crippen LogP contribution in [0.5, 0.6) is 0 Å². The van der Waals surface area contributed by atoms with Gasteiger partial charge in [-0.25, -0.2) is 4.79 Å². The lowest BCUT2D eigenvalue weighted by Crippen LogP contribution is -2.28. The number of hydrogen-bond acceptors (Lipinski definition) is 3. The van der Waals surface area contributed by atoms with Crippen LogP contribution >= 0.6 is 0 Å². The molecule has 0 saturated carbocycles. The monoisotopic (exact) mass is 369 g/mol. The Balaban J connectivity index is 0.000000345. The van der Waals surface area contributed by atoms with Gasteiger partial charge in [-0.1, -0.05) is 66.7 Å². The molecule has 2 aromatic carbocycles. The van der Waals surface area contributed by atoms with Gasteiger partial charge in [0.25, 0.3) is 0 Å². The Kier molecular flexibility index (Phi) is 9.02. The predicted octanol–water partition coefficient (Wildman–Crippen LogP) is 3.01. The summed E-state index contributed by atoms with van der Waals surface area (Å²) in [5.41, 5.74) is 2.06. The summed E-state index contributed by atoms with van der Waals surface area (Å²) in [6.07, 6.45) is 1.63. The number of hydrogen-bond donors (Lipinski definition) is 2. The number of benzene rings is 2. The normalized spacial score (nSPS) is 10.2. The van der Waals surface area contributed by atoms with Crippen LogP contribution in [0.15, 0.2) is 72.8 Å². The van der Waals surface area contributed by atoms with Crippen molar-refractivity contribution in [2.45, 2.75) is 12.3 Å². The van der Waals surface area contributed by atoms with Crippen LogP contribution in [0.25, 0.3) is 0 Å². The van der Waals surface area contributed by atoms with E-state index in [0.717, 1.165) is 23.3 Å². The van der Waals surface area contributed by atoms with E-state index in [4.69, 9.17) is 10.2 Å². The van der Waals surface area contributed by atoms with Crippen molar-refractivity contribution in [3.8, 4) is 0 Å². The van der Waals surface area contributed by atoms with E-state index in [1.54, 1.807) is 19.0 Å². The zero-order chi connectivity index (χ0) is 20.2. The van der Waals surface area contributed by atoms with Crippen LogP contribution in [0.3, 0.4) is 0 Å². The number of nitrogens with zero attached hydrogens (tertiary/aromatic N) is 1. The van der Waals surface area contributed by atoms with E-state index < -0.39 is 11.9 Å². The quantitative estimate of drug-likeness (QED) is 0.763. The second-order valence-corrected chi connectivity index (χ2v) is 5.83. The van der Waals surface area contributed by atoms with E-state index in [1.807, 2.05) is 60.7 Å². The van der Waals surface area contributed by atoms with E-state index in [-0.39, 0.29) is 18.2 Å². The van der Waals surface area contributed by atoms with E-state index in [9.17, 15) is 14.4 Å². The summed E-state index contributed by atoms with van der Waals surface area (Å²) in [6, 6.07) is 19.8. The molecule has 0 saturated heterocycles. The number of carbonyl (C=O) groups is 3. The molecular weight excluding hydrogens is 346 g/mol. The van der Waals surface area contributed by atoms with Crippen LogP contribution in [0.1, 0.15) is 23.5 Å². The number of carboxylic acid groups (broad SMARTS) is 2. The Morgan fingerprint density at radius 1 is 0.889 bits per heavy atom. The summed E-state index contributed by atoms with van der Waals surface area (Å²) in [4.78, 5) is 33.5. The van der Waals surface area contributed by atoms with Gasteiger partial charge in [0.2, 0.25) is 5.91 Å². The Hall–Kier alpha value is -3.41. The lowest BCUT2D eigenvalue weighted by Gasteiger charge is -2.21. The fourth-order valence-corrected chi connectivity index (χ4v) is 2.29. The Morgan fingerprint density at radius 3 is 1.67 bits per heavy atom. The minimum Gasteiger partial charge on any atom is -0.481 e. The Bertz CT molecular complexity index is 730. The Labute approximate surface area is 158 Å². The first-order chi connectivity index (χ1) is 12.8. The zero-order valence-corrected chi connectivity index (χ0v) is 15.3. The first-order valence-electron chi connectivity index (χ1n) is 8.25. The average Bonchev–Trinajstić information content (AvgIpc) is 2.63. The molecule has 142 valence electrons. The third kappa shape index (κ3) is 8.00. The fourth-order valence-electron chi connectivity index (χ4n) is 2.29. The summed E-state index contributed by atoms with van der Waals surface area (Å²) in [5.74, 6) is -2.28. The lowest BCUT2D eigenvalue weighted by atomic mass is 9.90. The molecule has 0 radical (unpaired) electrons. The number of likely N-dealkylation sites (N-methyl/N-ethyl adjacent to an activating group) is 1. The highest BCUT2D eigenvalue weighted by molar-refractivity contribution is 5.86. The largest absolute Gasteiger partial charge is 0.481 e. The van der Waals surface area contributed by atoms with Crippen molar-refractivity contribution in [3.63, 3.8) is 0 Å². The summed E-state index contributed by atoms with van der Waals surface area (Å²) in [5, 5.41) is 15.9. The maximum atomic E-state index is 12.4. The molecule has 0 aliphatic heterocycles. The van der Waals surface area contributed by atoms with E-state index >= 15 is 0 Å². The lowest BCUT2D eigenvalue weighted by molar-refractivity contribution is -0.136. The first-order valence-corrected chi connectivity index (χ1v) is 8.25. The first kappa shape index (κ1) is 21.6. The van der Waals surface area contributed by atoms with Gasteiger partial charge in [0.15, 0.2) is 0 Å². The van der Waals surface area contributed by atoms with E-state index in [0.29, 0.717) is 0 Å². The number of aliphatic carboxylic acids is 2. The predicted molar refractivity (Wildman–Crippen MR) is 102 cm³/mol. The molecule has 0 spiro atoms. The molecule has 0 fully saturated rings. The maximum absolute atomic E-state index is 12.4. The minimum absolute atomic E-state index is 0.104. The summed E-state index contributed by atoms with van der Waals surface area (Å²) in [6.45, 7) is 0. The molecule has 1 amide bonds. The maximum Gasteiger partial charge on any atom is 0.327 e. The van der Waals surface area contributed by atoms with Crippen molar-refractivity contribution >= 4 is 17.8 Å². The van der Waals surface area contributed by atoms with E-state index in [2.05, 4.69) is 0 Å². The molecule has 2 N–H and O–H groups in total. The SMILES string of the molecule is CN(C)C(=O)C(c1ccccc1)c1ccccc1.O=C(O)/C=C/CC(=O)O. The topological polar surface area (TPSA) is 94.9 Å². The molecule has 2 rings (SSSR count). The number of carboxylic acids is 2. The molecule has 0 aromatic heterocycles. The fraction of sp³-hybridized carbons (Fsp3) is 0.190. The molecule has 6 nitrogen and oxygen atoms in total. The molecule has 27 heavy (non-hydrogen) atoms. The summed E-state index contributed by atoms with van der Waals surface area (Å²) < 4.78 is 0. The second kappa shape index (κ2) is 11.3. The van der Waals surface area contributed by atoms with Crippen LogP contribution in [0.4, 0.5) is 0 Å². The van der Waals surface area contributed by atoms with Crippen molar-refractivity contribution in [1.82, 2.24) is 4.90 Å². The average molecular weight is 369 g/mol. The molecule has 0 atom stereocenters. The van der Waals surface area contributed by atoms with Gasteiger partial charge in [-0.3, -0.25) is 9.59 Å². The van der Waals surface area contributed by atoms with Crippen molar-refractivity contribution < 1.29 is 24.6 Å². The van der Waals surface area contributed by atoms with Gasteiger partial charge >= 0.3 is 11.9 Å². The van der Waals surface area contributed by atoms with Gasteiger partial charge in [-0.05, 0) is 11.1 Å². The van der Waals surface area contributed by atoms with Crippen molar-refractivity contribution in [2.24, 2.45) is 0 Å². The molecule has 6 heteroatoms. The summed E-state index contributed by atoms with van der Waals surface area (Å²) >= 11 is 0. The minimum atomic E-state index is -1.13. The van der Waals surface area contributed by atoms with Gasteiger partial charge in [-0.2, -0.15) is 0 Å². The molecule has 0 aliphatic carbocycles. The Morgan fingerprint density at radius 2 is 1.33 bits per heavy atom. The zero-order valence-electron chi connectivity index (χ0n) is 15.3. The van der Waals surface area contributed by atoms with Gasteiger partial charge in [0, 0.05) is 20.2 Å². The third-order valence-corrected chi connectivity index (χ3v) is 3.51. The van der Waals surface area contributed by atoms with Gasteiger partial charge < -0.3 is 15.1 Å². The van der Waals surface area contributed by atoms with Gasteiger partial charge in [0.1, 0.15) is 0 Å². The van der Waals surface area contributed by atoms with Crippen LogP contribution in [-0.4, -0.2) is 47.1 Å². The molecule has 0 unspecified atom stereocenters. The molecule has 2 aromatic rings. The highest BCUT2D eigenvalue weighted by atomic mass is 16.4. The number of amides is 1. The number of rotatable bonds is 6. The summed E-state index contributed by atoms with van der Waals surface area (Å²) in [7, 11) is 3.59. The van der Waals surface area contributed by atoms with Crippen LogP contribution < -0.4 is 0 Å². The van der Waals surface area contributed by atoms with Crippen LogP contribution in [0, 0.1) is 0 Å². The van der Waals surface area contributed by atoms with Crippen molar-refractivity contribution in [1.29, 1.82) is 0 Å². The highest BCUT2D eigenvalue weighted by Crippen LogP contribution is 2.25. The van der Waals surface area contributed by atoms with Crippen LogP contribution in [-0.2, 0) is 14.4 Å². The van der Waals surface area contributed by atoms with E-state index in [1.165, 1.54) is 0 Å². The third-order valence-electron chi connectivity index (χ3n) is 3.51. The number of carbonyl (C=O) groups excluding carboxylic acids is 1.